The van der Waals surface area contributed by atoms with Crippen molar-refractivity contribution in [3.63, 3.8) is 0 Å². The van der Waals surface area contributed by atoms with Crippen LogP contribution in [0.2, 0.25) is 0 Å². The first kappa shape index (κ1) is 15.0. The van der Waals surface area contributed by atoms with Crippen LogP contribution in [0.4, 0.5) is 10.1 Å². The van der Waals surface area contributed by atoms with E-state index in [0.29, 0.717) is 12.1 Å². The van der Waals surface area contributed by atoms with Crippen molar-refractivity contribution in [1.82, 2.24) is 0 Å². The predicted octanol–water partition coefficient (Wildman–Crippen LogP) is 4.02. The molecule has 0 aliphatic carbocycles. The fourth-order valence-electron chi connectivity index (χ4n) is 2.18. The van der Waals surface area contributed by atoms with E-state index in [4.69, 9.17) is 0 Å². The van der Waals surface area contributed by atoms with Crippen molar-refractivity contribution in [2.45, 2.75) is 0 Å². The van der Waals surface area contributed by atoms with Gasteiger partial charge in [0.05, 0.1) is 12.3 Å². The Morgan fingerprint density at radius 3 is 2.67 bits per heavy atom. The maximum absolute atomic E-state index is 13.9. The Morgan fingerprint density at radius 1 is 1.24 bits per heavy atom. The highest BCUT2D eigenvalue weighted by molar-refractivity contribution is 6.03. The smallest absolute Gasteiger partial charge is 0.132 e. The molecule has 0 atom stereocenters. The van der Waals surface area contributed by atoms with Crippen LogP contribution < -0.4 is 4.90 Å². The van der Waals surface area contributed by atoms with Crippen molar-refractivity contribution in [3.8, 4) is 0 Å². The molecule has 2 rings (SSSR count). The van der Waals surface area contributed by atoms with Crippen LogP contribution in [0.3, 0.4) is 0 Å². The summed E-state index contributed by atoms with van der Waals surface area (Å²) in [4.78, 5) is 6.29. The number of rotatable bonds is 5. The van der Waals surface area contributed by atoms with Gasteiger partial charge in [0.25, 0.3) is 0 Å². The van der Waals surface area contributed by atoms with Crippen LogP contribution in [0, 0.1) is 5.82 Å². The molecule has 0 N–H and O–H groups in total. The molecule has 0 saturated carbocycles. The molecule has 0 aliphatic heterocycles. The third kappa shape index (κ3) is 3.57. The molecule has 2 nitrogen and oxygen atoms in total. The van der Waals surface area contributed by atoms with Gasteiger partial charge in [0.1, 0.15) is 5.82 Å². The molecule has 0 aliphatic rings. The van der Waals surface area contributed by atoms with E-state index in [-0.39, 0.29) is 5.82 Å². The normalized spacial score (nSPS) is 11.3. The van der Waals surface area contributed by atoms with Crippen LogP contribution in [0.25, 0.3) is 6.08 Å². The first-order chi connectivity index (χ1) is 10.2. The Hall–Kier alpha value is -2.42. The maximum Gasteiger partial charge on any atom is 0.132 e. The quantitative estimate of drug-likeness (QED) is 0.756. The Labute approximate surface area is 125 Å². The van der Waals surface area contributed by atoms with Gasteiger partial charge in [0, 0.05) is 25.3 Å². The van der Waals surface area contributed by atoms with Gasteiger partial charge >= 0.3 is 0 Å². The topological polar surface area (TPSA) is 15.6 Å². The molecular formula is C18H19FN2. The minimum atomic E-state index is -0.244. The standard InChI is InChI=1S/C18H19FN2/c1-4-14-8-7-9-15(12-14)21(3)13-18(20-2)16-10-5-6-11-17(16)19/h4-12H,1,13H2,2-3H3. The summed E-state index contributed by atoms with van der Waals surface area (Å²) in [7, 11) is 3.66. The molecule has 0 spiro atoms. The average Bonchev–Trinajstić information content (AvgIpc) is 2.53. The zero-order valence-corrected chi connectivity index (χ0v) is 12.4. The number of likely N-dealkylation sites (N-methyl/N-ethyl adjacent to an activating group) is 1. The molecule has 0 heterocycles. The summed E-state index contributed by atoms with van der Waals surface area (Å²) in [6, 6.07) is 14.8. The van der Waals surface area contributed by atoms with Crippen LogP contribution in [0.15, 0.2) is 60.1 Å². The molecule has 0 aromatic heterocycles. The van der Waals surface area contributed by atoms with Gasteiger partial charge in [-0.05, 0) is 23.8 Å². The van der Waals surface area contributed by atoms with Crippen LogP contribution >= 0.6 is 0 Å². The number of hydrogen-bond acceptors (Lipinski definition) is 2. The lowest BCUT2D eigenvalue weighted by Crippen LogP contribution is -2.26. The Balaban J connectivity index is 2.23. The largest absolute Gasteiger partial charge is 0.369 e. The second kappa shape index (κ2) is 6.84. The highest BCUT2D eigenvalue weighted by Crippen LogP contribution is 2.17. The summed E-state index contributed by atoms with van der Waals surface area (Å²) in [5.74, 6) is -0.244. The van der Waals surface area contributed by atoms with Crippen molar-refractivity contribution in [2.75, 3.05) is 25.5 Å². The molecule has 2 aromatic carbocycles. The number of halogens is 1. The first-order valence-corrected chi connectivity index (χ1v) is 6.80. The molecule has 3 heteroatoms. The summed E-state index contributed by atoms with van der Waals surface area (Å²) >= 11 is 0. The molecule has 108 valence electrons. The molecule has 2 aromatic rings. The van der Waals surface area contributed by atoms with E-state index in [0.717, 1.165) is 17.0 Å². The lowest BCUT2D eigenvalue weighted by Gasteiger charge is -2.21. The number of hydrogen-bond donors (Lipinski definition) is 0. The summed E-state index contributed by atoms with van der Waals surface area (Å²) in [6.45, 7) is 4.32. The second-order valence-corrected chi connectivity index (χ2v) is 4.81. The molecule has 0 radical (unpaired) electrons. The fraction of sp³-hybridized carbons (Fsp3) is 0.167. The van der Waals surface area contributed by atoms with Crippen molar-refractivity contribution in [2.24, 2.45) is 4.99 Å². The van der Waals surface area contributed by atoms with Crippen LogP contribution in [0.5, 0.6) is 0 Å². The Bertz CT molecular complexity index is 662. The van der Waals surface area contributed by atoms with Gasteiger partial charge in [-0.15, -0.1) is 0 Å². The van der Waals surface area contributed by atoms with Crippen LogP contribution in [-0.2, 0) is 0 Å². The van der Waals surface area contributed by atoms with Gasteiger partial charge in [-0.2, -0.15) is 0 Å². The van der Waals surface area contributed by atoms with E-state index < -0.39 is 0 Å². The van der Waals surface area contributed by atoms with Gasteiger partial charge in [-0.25, -0.2) is 4.39 Å². The van der Waals surface area contributed by atoms with Gasteiger partial charge in [-0.3, -0.25) is 4.99 Å². The van der Waals surface area contributed by atoms with Crippen LogP contribution in [-0.4, -0.2) is 26.4 Å². The van der Waals surface area contributed by atoms with E-state index in [1.54, 1.807) is 19.2 Å². The lowest BCUT2D eigenvalue weighted by atomic mass is 10.1. The molecule has 21 heavy (non-hydrogen) atoms. The third-order valence-corrected chi connectivity index (χ3v) is 3.39. The molecule has 0 saturated heterocycles. The number of anilines is 1. The Morgan fingerprint density at radius 2 is 2.00 bits per heavy atom. The minimum absolute atomic E-state index is 0.244. The zero-order chi connectivity index (χ0) is 15.2. The monoisotopic (exact) mass is 282 g/mol. The molecule has 0 fully saturated rings. The van der Waals surface area contributed by atoms with Crippen molar-refractivity contribution in [3.05, 3.63) is 72.1 Å². The number of aliphatic imine (C=N–C) groups is 1. The van der Waals surface area contributed by atoms with E-state index in [1.165, 1.54) is 6.07 Å². The highest BCUT2D eigenvalue weighted by Gasteiger charge is 2.11. The van der Waals surface area contributed by atoms with Gasteiger partial charge in [0.15, 0.2) is 0 Å². The SMILES string of the molecule is C=Cc1cccc(N(C)CC(=NC)c2ccccc2F)c1. The molecule has 0 unspecified atom stereocenters. The zero-order valence-electron chi connectivity index (χ0n) is 12.4. The van der Waals surface area contributed by atoms with Crippen molar-refractivity contribution < 1.29 is 4.39 Å². The van der Waals surface area contributed by atoms with Gasteiger partial charge < -0.3 is 4.90 Å². The van der Waals surface area contributed by atoms with Gasteiger partial charge in [0.2, 0.25) is 0 Å². The summed E-state index contributed by atoms with van der Waals surface area (Å²) < 4.78 is 13.9. The summed E-state index contributed by atoms with van der Waals surface area (Å²) in [6.07, 6.45) is 1.81. The predicted molar refractivity (Wildman–Crippen MR) is 88.7 cm³/mol. The summed E-state index contributed by atoms with van der Waals surface area (Å²) in [5.41, 5.74) is 3.37. The van der Waals surface area contributed by atoms with E-state index >= 15 is 0 Å². The second-order valence-electron chi connectivity index (χ2n) is 4.81. The first-order valence-electron chi connectivity index (χ1n) is 6.80. The van der Waals surface area contributed by atoms with Crippen molar-refractivity contribution in [1.29, 1.82) is 0 Å². The maximum atomic E-state index is 13.9. The average molecular weight is 282 g/mol. The number of nitrogens with zero attached hydrogens (tertiary/aromatic N) is 2. The number of benzene rings is 2. The van der Waals surface area contributed by atoms with Crippen LogP contribution in [0.1, 0.15) is 11.1 Å². The highest BCUT2D eigenvalue weighted by atomic mass is 19.1. The third-order valence-electron chi connectivity index (χ3n) is 3.39. The lowest BCUT2D eigenvalue weighted by molar-refractivity contribution is 0.625. The van der Waals surface area contributed by atoms with E-state index in [1.807, 2.05) is 48.4 Å². The molecule has 0 amide bonds. The molecular weight excluding hydrogens is 263 g/mol. The summed E-state index contributed by atoms with van der Waals surface area (Å²) in [5, 5.41) is 0. The molecule has 0 bridgehead atoms. The Kier molecular flexibility index (Phi) is 4.88. The van der Waals surface area contributed by atoms with E-state index in [9.17, 15) is 4.39 Å². The van der Waals surface area contributed by atoms with Gasteiger partial charge in [-0.1, -0.05) is 43.0 Å². The minimum Gasteiger partial charge on any atom is -0.369 e. The fourth-order valence-corrected chi connectivity index (χ4v) is 2.18. The van der Waals surface area contributed by atoms with E-state index in [2.05, 4.69) is 11.6 Å². The van der Waals surface area contributed by atoms with Crippen molar-refractivity contribution >= 4 is 17.5 Å².